The van der Waals surface area contributed by atoms with Crippen molar-refractivity contribution in [1.82, 2.24) is 29.9 Å². The van der Waals surface area contributed by atoms with E-state index in [9.17, 15) is 18.0 Å². The summed E-state index contributed by atoms with van der Waals surface area (Å²) in [5.74, 6) is 0.335. The van der Waals surface area contributed by atoms with Crippen LogP contribution in [0.5, 0.6) is 0 Å². The van der Waals surface area contributed by atoms with Gasteiger partial charge in [-0.25, -0.2) is 4.98 Å². The van der Waals surface area contributed by atoms with Gasteiger partial charge in [0.25, 0.3) is 5.91 Å². The lowest BCUT2D eigenvalue weighted by molar-refractivity contribution is -0.141. The minimum atomic E-state index is -4.67. The van der Waals surface area contributed by atoms with Crippen LogP contribution in [0.4, 0.5) is 19.0 Å². The second-order valence-corrected chi connectivity index (χ2v) is 9.16. The van der Waals surface area contributed by atoms with Crippen molar-refractivity contribution < 1.29 is 22.7 Å². The molecule has 2 aliphatic rings. The SMILES string of the molecule is Cn1cnnc1CC1(c2ccc3c(c2)C(=O)N(c2cc(-c4cn[nH]c4)cc(C(F)(F)F)n2)C3)COC1. The van der Waals surface area contributed by atoms with Crippen molar-refractivity contribution in [2.24, 2.45) is 7.05 Å². The summed E-state index contributed by atoms with van der Waals surface area (Å²) in [5, 5.41) is 14.5. The summed E-state index contributed by atoms with van der Waals surface area (Å²) in [5.41, 5.74) is 1.39. The molecule has 0 bridgehead atoms. The van der Waals surface area contributed by atoms with E-state index in [1.165, 1.54) is 23.4 Å². The molecule has 0 saturated carbocycles. The molecule has 12 heteroatoms. The Kier molecular flexibility index (Phi) is 4.97. The second-order valence-electron chi connectivity index (χ2n) is 9.16. The van der Waals surface area contributed by atoms with Gasteiger partial charge in [-0.3, -0.25) is 14.8 Å². The summed E-state index contributed by atoms with van der Waals surface area (Å²) in [6, 6.07) is 8.04. The number of rotatable bonds is 5. The first-order chi connectivity index (χ1) is 17.2. The lowest BCUT2D eigenvalue weighted by atomic mass is 9.75. The van der Waals surface area contributed by atoms with Gasteiger partial charge in [-0.15, -0.1) is 10.2 Å². The van der Waals surface area contributed by atoms with Crippen molar-refractivity contribution in [2.45, 2.75) is 24.6 Å². The molecule has 1 saturated heterocycles. The summed E-state index contributed by atoms with van der Waals surface area (Å²) in [7, 11) is 1.87. The van der Waals surface area contributed by atoms with Crippen molar-refractivity contribution in [3.8, 4) is 11.1 Å². The molecular weight excluding hydrogens is 475 g/mol. The average molecular weight is 495 g/mol. The van der Waals surface area contributed by atoms with E-state index in [0.717, 1.165) is 23.0 Å². The first kappa shape index (κ1) is 22.4. The maximum absolute atomic E-state index is 13.6. The first-order valence-electron chi connectivity index (χ1n) is 11.2. The molecule has 2 aliphatic heterocycles. The highest BCUT2D eigenvalue weighted by molar-refractivity contribution is 6.09. The number of halogens is 3. The van der Waals surface area contributed by atoms with Crippen LogP contribution < -0.4 is 4.90 Å². The third kappa shape index (κ3) is 3.65. The fraction of sp³-hybridized carbons (Fsp3) is 0.292. The smallest absolute Gasteiger partial charge is 0.379 e. The number of aromatic nitrogens is 6. The largest absolute Gasteiger partial charge is 0.433 e. The van der Waals surface area contributed by atoms with Gasteiger partial charge in [-0.2, -0.15) is 18.3 Å². The van der Waals surface area contributed by atoms with E-state index in [0.29, 0.717) is 30.8 Å². The normalized spacial score (nSPS) is 16.8. The molecule has 1 amide bonds. The average Bonchev–Trinajstić information content (AvgIpc) is 3.57. The number of nitrogens with one attached hydrogen (secondary N) is 1. The van der Waals surface area contributed by atoms with E-state index in [1.807, 2.05) is 29.8 Å². The summed E-state index contributed by atoms with van der Waals surface area (Å²) in [6.07, 6.45) is 0.455. The van der Waals surface area contributed by atoms with Crippen LogP contribution in [0, 0.1) is 0 Å². The van der Waals surface area contributed by atoms with Crippen LogP contribution in [-0.2, 0) is 36.3 Å². The van der Waals surface area contributed by atoms with Crippen LogP contribution in [0.25, 0.3) is 11.1 Å². The molecule has 0 radical (unpaired) electrons. The number of nitrogens with zero attached hydrogens (tertiary/aromatic N) is 6. The van der Waals surface area contributed by atoms with E-state index >= 15 is 0 Å². The van der Waals surface area contributed by atoms with Gasteiger partial charge < -0.3 is 9.30 Å². The van der Waals surface area contributed by atoms with Crippen molar-refractivity contribution in [1.29, 1.82) is 0 Å². The summed E-state index contributed by atoms with van der Waals surface area (Å²) < 4.78 is 48.3. The van der Waals surface area contributed by atoms with Gasteiger partial charge in [0, 0.05) is 36.2 Å². The second kappa shape index (κ2) is 7.98. The Hall–Kier alpha value is -4.06. The summed E-state index contributed by atoms with van der Waals surface area (Å²) >= 11 is 0. The monoisotopic (exact) mass is 495 g/mol. The molecule has 36 heavy (non-hydrogen) atoms. The maximum Gasteiger partial charge on any atom is 0.433 e. The molecule has 1 N–H and O–H groups in total. The zero-order valence-corrected chi connectivity index (χ0v) is 19.1. The topological polar surface area (TPSA) is 102 Å². The van der Waals surface area contributed by atoms with Gasteiger partial charge in [0.15, 0.2) is 0 Å². The molecule has 3 aromatic heterocycles. The zero-order valence-electron chi connectivity index (χ0n) is 19.1. The predicted molar refractivity (Wildman–Crippen MR) is 121 cm³/mol. The Morgan fingerprint density at radius 2 is 2.00 bits per heavy atom. The number of amides is 1. The molecule has 0 spiro atoms. The maximum atomic E-state index is 13.6. The molecule has 9 nitrogen and oxygen atoms in total. The lowest BCUT2D eigenvalue weighted by Gasteiger charge is -2.41. The minimum Gasteiger partial charge on any atom is -0.379 e. The molecule has 1 fully saturated rings. The number of fused-ring (bicyclic) bond motifs is 1. The van der Waals surface area contributed by atoms with Gasteiger partial charge in [-0.05, 0) is 34.9 Å². The third-order valence-corrected chi connectivity index (χ3v) is 6.79. The number of aryl methyl sites for hydroxylation is 1. The van der Waals surface area contributed by atoms with Crippen molar-refractivity contribution in [3.05, 3.63) is 77.3 Å². The molecule has 0 atom stereocenters. The number of hydrogen-bond donors (Lipinski definition) is 1. The number of aromatic amines is 1. The number of pyridine rings is 1. The van der Waals surface area contributed by atoms with Crippen molar-refractivity contribution in [3.63, 3.8) is 0 Å². The van der Waals surface area contributed by atoms with Crippen LogP contribution >= 0.6 is 0 Å². The Morgan fingerprint density at radius 1 is 1.17 bits per heavy atom. The van der Waals surface area contributed by atoms with Crippen molar-refractivity contribution in [2.75, 3.05) is 18.1 Å². The van der Waals surface area contributed by atoms with E-state index in [-0.39, 0.29) is 23.3 Å². The molecule has 5 heterocycles. The zero-order chi connectivity index (χ0) is 25.1. The Morgan fingerprint density at radius 3 is 2.64 bits per heavy atom. The number of ether oxygens (including phenoxy) is 1. The molecule has 184 valence electrons. The number of alkyl halides is 3. The number of anilines is 1. The number of carbonyl (C=O) groups is 1. The number of carbonyl (C=O) groups excluding carboxylic acids is 1. The Labute approximate surface area is 202 Å². The van der Waals surface area contributed by atoms with E-state index in [1.54, 1.807) is 6.33 Å². The minimum absolute atomic E-state index is 0.0652. The lowest BCUT2D eigenvalue weighted by Crippen LogP contribution is -2.49. The van der Waals surface area contributed by atoms with Gasteiger partial charge in [0.2, 0.25) is 0 Å². The number of hydrogen-bond acceptors (Lipinski definition) is 6. The van der Waals surface area contributed by atoms with Gasteiger partial charge in [0.1, 0.15) is 23.7 Å². The quantitative estimate of drug-likeness (QED) is 0.456. The predicted octanol–water partition coefficient (Wildman–Crippen LogP) is 3.29. The van der Waals surface area contributed by atoms with Crippen LogP contribution in [0.2, 0.25) is 0 Å². The fourth-order valence-corrected chi connectivity index (χ4v) is 4.68. The number of benzene rings is 1. The van der Waals surface area contributed by atoms with E-state index < -0.39 is 17.8 Å². The van der Waals surface area contributed by atoms with Gasteiger partial charge >= 0.3 is 6.18 Å². The molecule has 0 unspecified atom stereocenters. The Balaban J connectivity index is 1.35. The highest BCUT2D eigenvalue weighted by Gasteiger charge is 2.43. The summed E-state index contributed by atoms with van der Waals surface area (Å²) in [4.78, 5) is 18.5. The van der Waals surface area contributed by atoms with Crippen LogP contribution in [0.15, 0.2) is 49.1 Å². The van der Waals surface area contributed by atoms with Gasteiger partial charge in [0.05, 0.1) is 26.0 Å². The van der Waals surface area contributed by atoms with Crippen molar-refractivity contribution >= 4 is 11.7 Å². The number of H-pyrrole nitrogens is 1. The molecule has 1 aromatic carbocycles. The van der Waals surface area contributed by atoms with Gasteiger partial charge in [-0.1, -0.05) is 12.1 Å². The van der Waals surface area contributed by atoms with Crippen LogP contribution in [-0.4, -0.2) is 49.1 Å². The van der Waals surface area contributed by atoms with E-state index in [2.05, 4.69) is 25.4 Å². The summed E-state index contributed by atoms with van der Waals surface area (Å²) in [6.45, 7) is 1.07. The molecular formula is C24H20F3N7O2. The molecule has 4 aromatic rings. The van der Waals surface area contributed by atoms with E-state index in [4.69, 9.17) is 4.74 Å². The highest BCUT2D eigenvalue weighted by Crippen LogP contribution is 2.39. The standard InChI is InChI=1S/C24H20F3N7O2/c1-33-13-30-32-21(33)7-23(11-36-12-23)17-3-2-14-10-34(22(35)18(14)6-17)20-5-15(16-8-28-29-9-16)4-19(31-20)24(25,26)27/h2-6,8-9,13H,7,10-12H2,1H3,(H,28,29). The first-order valence-corrected chi connectivity index (χ1v) is 11.2. The molecule has 0 aliphatic carbocycles. The Bertz CT molecular complexity index is 1460. The third-order valence-electron chi connectivity index (χ3n) is 6.79. The molecule has 6 rings (SSSR count). The fourth-order valence-electron chi connectivity index (χ4n) is 4.68. The van der Waals surface area contributed by atoms with Crippen LogP contribution in [0.1, 0.15) is 33.0 Å². The highest BCUT2D eigenvalue weighted by atomic mass is 19.4. The van der Waals surface area contributed by atoms with Crippen LogP contribution in [0.3, 0.4) is 0 Å².